The summed E-state index contributed by atoms with van der Waals surface area (Å²) in [6.45, 7) is 12.0. The van der Waals surface area contributed by atoms with Crippen LogP contribution in [0.2, 0.25) is 0 Å². The zero-order valence-electron chi connectivity index (χ0n) is 11.2. The third kappa shape index (κ3) is 4.01. The molecule has 1 aliphatic rings. The predicted molar refractivity (Wildman–Crippen MR) is 72.7 cm³/mol. The second-order valence-corrected chi connectivity index (χ2v) is 8.11. The van der Waals surface area contributed by atoms with Gasteiger partial charge in [0, 0.05) is 4.75 Å². The Morgan fingerprint density at radius 2 is 1.60 bits per heavy atom. The van der Waals surface area contributed by atoms with Crippen LogP contribution in [-0.4, -0.2) is 4.75 Å². The molecular formula is C14H28S. The number of hydrogen-bond acceptors (Lipinski definition) is 1. The summed E-state index contributed by atoms with van der Waals surface area (Å²) in [5, 5.41) is 0. The molecule has 0 amide bonds. The van der Waals surface area contributed by atoms with E-state index in [4.69, 9.17) is 12.6 Å². The molecule has 2 unspecified atom stereocenters. The highest BCUT2D eigenvalue weighted by Gasteiger charge is 2.38. The summed E-state index contributed by atoms with van der Waals surface area (Å²) in [7, 11) is 0. The molecule has 0 aromatic rings. The Morgan fingerprint density at radius 1 is 1.00 bits per heavy atom. The van der Waals surface area contributed by atoms with Crippen LogP contribution in [0.15, 0.2) is 0 Å². The van der Waals surface area contributed by atoms with Crippen molar-refractivity contribution >= 4 is 12.6 Å². The summed E-state index contributed by atoms with van der Waals surface area (Å²) in [4.78, 5) is 0. The van der Waals surface area contributed by atoms with Gasteiger partial charge in [-0.05, 0) is 36.5 Å². The van der Waals surface area contributed by atoms with Crippen molar-refractivity contribution in [2.75, 3.05) is 0 Å². The van der Waals surface area contributed by atoms with E-state index < -0.39 is 0 Å². The third-order valence-corrected chi connectivity index (χ3v) is 4.52. The van der Waals surface area contributed by atoms with E-state index in [1.807, 2.05) is 0 Å². The van der Waals surface area contributed by atoms with Crippen LogP contribution in [0.1, 0.15) is 73.1 Å². The maximum absolute atomic E-state index is 4.86. The summed E-state index contributed by atoms with van der Waals surface area (Å²) in [6, 6.07) is 0. The summed E-state index contributed by atoms with van der Waals surface area (Å²) in [5.74, 6) is 0. The van der Waals surface area contributed by atoms with Gasteiger partial charge in [-0.1, -0.05) is 47.5 Å². The summed E-state index contributed by atoms with van der Waals surface area (Å²) in [6.07, 6.45) is 7.88. The van der Waals surface area contributed by atoms with Crippen molar-refractivity contribution < 1.29 is 0 Å². The molecule has 1 rings (SSSR count). The summed E-state index contributed by atoms with van der Waals surface area (Å²) in [5.41, 5.74) is 1.01. The molecule has 0 spiro atoms. The van der Waals surface area contributed by atoms with Crippen molar-refractivity contribution in [1.82, 2.24) is 0 Å². The zero-order valence-corrected chi connectivity index (χ0v) is 12.1. The monoisotopic (exact) mass is 228 g/mol. The molecule has 0 radical (unpaired) electrons. The number of hydrogen-bond donors (Lipinski definition) is 1. The lowest BCUT2D eigenvalue weighted by atomic mass is 9.64. The molecule has 0 bridgehead atoms. The Hall–Kier alpha value is 0.350. The van der Waals surface area contributed by atoms with Crippen LogP contribution < -0.4 is 0 Å². The maximum Gasteiger partial charge on any atom is 0.0107 e. The first-order valence-electron chi connectivity index (χ1n) is 6.41. The molecule has 90 valence electrons. The molecule has 1 heteroatoms. The molecule has 0 heterocycles. The molecule has 15 heavy (non-hydrogen) atoms. The fourth-order valence-corrected chi connectivity index (χ4v) is 4.05. The van der Waals surface area contributed by atoms with Crippen LogP contribution in [-0.2, 0) is 0 Å². The second kappa shape index (κ2) is 4.31. The van der Waals surface area contributed by atoms with E-state index in [1.54, 1.807) is 0 Å². The first-order valence-corrected chi connectivity index (χ1v) is 6.85. The van der Waals surface area contributed by atoms with Crippen molar-refractivity contribution in [3.63, 3.8) is 0 Å². The van der Waals surface area contributed by atoms with Crippen LogP contribution >= 0.6 is 12.6 Å². The highest BCUT2D eigenvalue weighted by Crippen LogP contribution is 2.49. The molecule has 0 saturated heterocycles. The Balaban J connectivity index is 2.83. The fraction of sp³-hybridized carbons (Fsp3) is 1.00. The molecule has 1 aliphatic carbocycles. The average molecular weight is 228 g/mol. The van der Waals surface area contributed by atoms with Crippen molar-refractivity contribution in [2.24, 2.45) is 10.8 Å². The first-order chi connectivity index (χ1) is 6.68. The van der Waals surface area contributed by atoms with E-state index >= 15 is 0 Å². The van der Waals surface area contributed by atoms with Gasteiger partial charge >= 0.3 is 0 Å². The lowest BCUT2D eigenvalue weighted by Gasteiger charge is -2.44. The van der Waals surface area contributed by atoms with Gasteiger partial charge in [-0.3, -0.25) is 0 Å². The maximum atomic E-state index is 4.86. The van der Waals surface area contributed by atoms with E-state index in [0.717, 1.165) is 0 Å². The van der Waals surface area contributed by atoms with E-state index in [9.17, 15) is 0 Å². The quantitative estimate of drug-likeness (QED) is 0.594. The second-order valence-electron chi connectivity index (χ2n) is 7.03. The van der Waals surface area contributed by atoms with E-state index in [1.165, 1.54) is 38.5 Å². The van der Waals surface area contributed by atoms with Gasteiger partial charge in [-0.25, -0.2) is 0 Å². The zero-order chi connectivity index (χ0) is 11.7. The Bertz CT molecular complexity index is 197. The van der Waals surface area contributed by atoms with Crippen molar-refractivity contribution in [3.8, 4) is 0 Å². The van der Waals surface area contributed by atoms with E-state index in [2.05, 4.69) is 34.6 Å². The minimum absolute atomic E-state index is 0.251. The van der Waals surface area contributed by atoms with Gasteiger partial charge in [-0.2, -0.15) is 12.6 Å². The van der Waals surface area contributed by atoms with Gasteiger partial charge in [0.05, 0.1) is 0 Å². The van der Waals surface area contributed by atoms with Gasteiger partial charge in [0.1, 0.15) is 0 Å². The van der Waals surface area contributed by atoms with Crippen LogP contribution in [0, 0.1) is 10.8 Å². The molecular weight excluding hydrogens is 200 g/mol. The third-order valence-electron chi connectivity index (χ3n) is 4.14. The highest BCUT2D eigenvalue weighted by molar-refractivity contribution is 7.81. The van der Waals surface area contributed by atoms with E-state index in [0.29, 0.717) is 10.8 Å². The normalized spacial score (nSPS) is 42.0. The largest absolute Gasteiger partial charge is 0.173 e. The number of thiol groups is 1. The molecule has 2 atom stereocenters. The van der Waals surface area contributed by atoms with Crippen molar-refractivity contribution in [2.45, 2.75) is 77.9 Å². The Kier molecular flexibility index (Phi) is 3.86. The lowest BCUT2D eigenvalue weighted by Crippen LogP contribution is -2.35. The molecule has 1 fully saturated rings. The molecule has 0 aromatic carbocycles. The van der Waals surface area contributed by atoms with Crippen LogP contribution in [0.5, 0.6) is 0 Å². The minimum Gasteiger partial charge on any atom is -0.173 e. The Morgan fingerprint density at radius 3 is 2.13 bits per heavy atom. The van der Waals surface area contributed by atoms with Crippen LogP contribution in [0.4, 0.5) is 0 Å². The van der Waals surface area contributed by atoms with E-state index in [-0.39, 0.29) is 4.75 Å². The summed E-state index contributed by atoms with van der Waals surface area (Å²) >= 11 is 4.86. The summed E-state index contributed by atoms with van der Waals surface area (Å²) < 4.78 is 0.251. The van der Waals surface area contributed by atoms with Crippen LogP contribution in [0.3, 0.4) is 0 Å². The SMILES string of the molecule is CCC1(C)CC(C)(C)CCCC(C)(S)C1. The fourth-order valence-electron chi connectivity index (χ4n) is 3.51. The molecule has 0 N–H and O–H groups in total. The van der Waals surface area contributed by atoms with Crippen LogP contribution in [0.25, 0.3) is 0 Å². The van der Waals surface area contributed by atoms with Gasteiger partial charge in [0.25, 0.3) is 0 Å². The molecule has 0 aliphatic heterocycles. The minimum atomic E-state index is 0.251. The van der Waals surface area contributed by atoms with Crippen molar-refractivity contribution in [3.05, 3.63) is 0 Å². The predicted octanol–water partition coefficient (Wildman–Crippen LogP) is 5.08. The van der Waals surface area contributed by atoms with Gasteiger partial charge in [-0.15, -0.1) is 0 Å². The first kappa shape index (κ1) is 13.4. The lowest BCUT2D eigenvalue weighted by molar-refractivity contribution is 0.113. The average Bonchev–Trinajstić information content (AvgIpc) is 1.98. The Labute approximate surface area is 102 Å². The molecule has 1 saturated carbocycles. The molecule has 0 nitrogen and oxygen atoms in total. The smallest absolute Gasteiger partial charge is 0.0107 e. The van der Waals surface area contributed by atoms with Gasteiger partial charge < -0.3 is 0 Å². The topological polar surface area (TPSA) is 0 Å². The number of rotatable bonds is 1. The van der Waals surface area contributed by atoms with Gasteiger partial charge in [0.2, 0.25) is 0 Å². The standard InChI is InChI=1S/C14H28S/c1-6-13(4)10-12(2,3)8-7-9-14(5,15)11-13/h15H,6-11H2,1-5H3. The van der Waals surface area contributed by atoms with Crippen molar-refractivity contribution in [1.29, 1.82) is 0 Å². The highest BCUT2D eigenvalue weighted by atomic mass is 32.1. The van der Waals surface area contributed by atoms with Gasteiger partial charge in [0.15, 0.2) is 0 Å². The molecule has 0 aromatic heterocycles.